The van der Waals surface area contributed by atoms with E-state index in [1.807, 2.05) is 18.2 Å². The van der Waals surface area contributed by atoms with E-state index in [2.05, 4.69) is 24.8 Å². The van der Waals surface area contributed by atoms with Crippen LogP contribution in [-0.4, -0.2) is 24.2 Å². The predicted molar refractivity (Wildman–Crippen MR) is 82.2 cm³/mol. The molecule has 1 heterocycles. The number of carboxylic acid groups (broad SMARTS) is 1. The zero-order valence-electron chi connectivity index (χ0n) is 12.6. The molecule has 0 radical (unpaired) electrons. The highest BCUT2D eigenvalue weighted by molar-refractivity contribution is 5.71. The standard InChI is InChI=1S/C17H25NO2/c1-3-8-17(9-4-2)12-18(13-17)15-7-5-6-14(10-15)11-16(19)20/h5-7,10H,3-4,8-9,11-13H2,1-2H3,(H,19,20). The average Bonchev–Trinajstić information content (AvgIpc) is 2.35. The number of carbonyl (C=O) groups is 1. The maximum Gasteiger partial charge on any atom is 0.307 e. The van der Waals surface area contributed by atoms with Crippen LogP contribution in [0.5, 0.6) is 0 Å². The summed E-state index contributed by atoms with van der Waals surface area (Å²) in [5.74, 6) is -0.767. The molecule has 20 heavy (non-hydrogen) atoms. The molecule has 1 aromatic carbocycles. The van der Waals surface area contributed by atoms with Crippen molar-refractivity contribution in [2.45, 2.75) is 46.0 Å². The monoisotopic (exact) mass is 275 g/mol. The highest BCUT2D eigenvalue weighted by Gasteiger charge is 2.41. The summed E-state index contributed by atoms with van der Waals surface area (Å²) in [5.41, 5.74) is 2.55. The minimum atomic E-state index is -0.767. The van der Waals surface area contributed by atoms with Gasteiger partial charge < -0.3 is 10.0 Å². The van der Waals surface area contributed by atoms with Gasteiger partial charge in [0.2, 0.25) is 0 Å². The lowest BCUT2D eigenvalue weighted by Crippen LogP contribution is -2.56. The Morgan fingerprint density at radius 3 is 2.45 bits per heavy atom. The van der Waals surface area contributed by atoms with Gasteiger partial charge in [-0.05, 0) is 30.5 Å². The van der Waals surface area contributed by atoms with Gasteiger partial charge in [0, 0.05) is 24.2 Å². The van der Waals surface area contributed by atoms with Crippen LogP contribution in [0, 0.1) is 5.41 Å². The maximum absolute atomic E-state index is 10.8. The number of carboxylic acids is 1. The van der Waals surface area contributed by atoms with E-state index in [1.165, 1.54) is 31.4 Å². The van der Waals surface area contributed by atoms with Crippen molar-refractivity contribution in [2.75, 3.05) is 18.0 Å². The van der Waals surface area contributed by atoms with Crippen molar-refractivity contribution < 1.29 is 9.90 Å². The van der Waals surface area contributed by atoms with Gasteiger partial charge >= 0.3 is 5.97 Å². The number of rotatable bonds is 7. The van der Waals surface area contributed by atoms with Crippen molar-refractivity contribution >= 4 is 11.7 Å². The molecule has 2 rings (SSSR count). The molecule has 0 amide bonds. The number of hydrogen-bond acceptors (Lipinski definition) is 2. The topological polar surface area (TPSA) is 40.5 Å². The number of hydrogen-bond donors (Lipinski definition) is 1. The van der Waals surface area contributed by atoms with E-state index in [0.29, 0.717) is 5.41 Å². The maximum atomic E-state index is 10.8. The Kier molecular flexibility index (Phi) is 4.69. The Hall–Kier alpha value is -1.51. The van der Waals surface area contributed by atoms with Gasteiger partial charge in [0.1, 0.15) is 0 Å². The molecule has 1 fully saturated rings. The van der Waals surface area contributed by atoms with Crippen LogP contribution in [-0.2, 0) is 11.2 Å². The average molecular weight is 275 g/mol. The summed E-state index contributed by atoms with van der Waals surface area (Å²) in [6.07, 6.45) is 5.19. The third-order valence-electron chi connectivity index (χ3n) is 4.24. The Bertz CT molecular complexity index is 456. The van der Waals surface area contributed by atoms with Crippen LogP contribution in [0.3, 0.4) is 0 Å². The Morgan fingerprint density at radius 1 is 1.25 bits per heavy atom. The van der Waals surface area contributed by atoms with Crippen LogP contribution < -0.4 is 4.90 Å². The number of aliphatic carboxylic acids is 1. The smallest absolute Gasteiger partial charge is 0.307 e. The van der Waals surface area contributed by atoms with Crippen LogP contribution in [0.2, 0.25) is 0 Å². The number of benzene rings is 1. The first kappa shape index (κ1) is 14.9. The lowest BCUT2D eigenvalue weighted by Gasteiger charge is -2.52. The Labute approximate surface area is 121 Å². The van der Waals surface area contributed by atoms with Gasteiger partial charge in [-0.15, -0.1) is 0 Å². The van der Waals surface area contributed by atoms with Gasteiger partial charge in [-0.2, -0.15) is 0 Å². The highest BCUT2D eigenvalue weighted by Crippen LogP contribution is 2.41. The summed E-state index contributed by atoms with van der Waals surface area (Å²) in [6, 6.07) is 7.97. The summed E-state index contributed by atoms with van der Waals surface area (Å²) >= 11 is 0. The third kappa shape index (κ3) is 3.33. The first-order valence-corrected chi connectivity index (χ1v) is 7.64. The first-order chi connectivity index (χ1) is 9.58. The molecule has 0 spiro atoms. The van der Waals surface area contributed by atoms with Crippen molar-refractivity contribution in [1.29, 1.82) is 0 Å². The minimum absolute atomic E-state index is 0.108. The van der Waals surface area contributed by atoms with Crippen LogP contribution >= 0.6 is 0 Å². The molecule has 0 aromatic heterocycles. The van der Waals surface area contributed by atoms with Crippen molar-refractivity contribution in [3.63, 3.8) is 0 Å². The number of nitrogens with zero attached hydrogens (tertiary/aromatic N) is 1. The van der Waals surface area contributed by atoms with Gasteiger partial charge in [0.15, 0.2) is 0 Å². The molecule has 0 atom stereocenters. The predicted octanol–water partition coefficient (Wildman–Crippen LogP) is 3.72. The quantitative estimate of drug-likeness (QED) is 0.824. The fourth-order valence-corrected chi connectivity index (χ4v) is 3.49. The van der Waals surface area contributed by atoms with E-state index in [0.717, 1.165) is 18.7 Å². The Balaban J connectivity index is 2.02. The second-order valence-electron chi connectivity index (χ2n) is 6.10. The van der Waals surface area contributed by atoms with Crippen molar-refractivity contribution in [2.24, 2.45) is 5.41 Å². The van der Waals surface area contributed by atoms with Crippen LogP contribution in [0.15, 0.2) is 24.3 Å². The summed E-state index contributed by atoms with van der Waals surface area (Å²) in [7, 11) is 0. The molecule has 0 aliphatic carbocycles. The zero-order valence-corrected chi connectivity index (χ0v) is 12.6. The minimum Gasteiger partial charge on any atom is -0.481 e. The fraction of sp³-hybridized carbons (Fsp3) is 0.588. The molecule has 1 saturated heterocycles. The molecular weight excluding hydrogens is 250 g/mol. The normalized spacial score (nSPS) is 16.8. The summed E-state index contributed by atoms with van der Waals surface area (Å²) in [6.45, 7) is 6.75. The molecule has 110 valence electrons. The second-order valence-corrected chi connectivity index (χ2v) is 6.10. The van der Waals surface area contributed by atoms with Crippen LogP contribution in [0.1, 0.15) is 45.1 Å². The van der Waals surface area contributed by atoms with Crippen molar-refractivity contribution in [3.05, 3.63) is 29.8 Å². The number of anilines is 1. The molecule has 3 heteroatoms. The molecule has 0 unspecified atom stereocenters. The Morgan fingerprint density at radius 2 is 1.90 bits per heavy atom. The lowest BCUT2D eigenvalue weighted by molar-refractivity contribution is -0.136. The van der Waals surface area contributed by atoms with Gasteiger partial charge in [-0.1, -0.05) is 38.8 Å². The van der Waals surface area contributed by atoms with E-state index in [1.54, 1.807) is 0 Å². The van der Waals surface area contributed by atoms with Gasteiger partial charge in [0.25, 0.3) is 0 Å². The second kappa shape index (κ2) is 6.29. The largest absolute Gasteiger partial charge is 0.481 e. The van der Waals surface area contributed by atoms with E-state index in [4.69, 9.17) is 5.11 Å². The van der Waals surface area contributed by atoms with Crippen LogP contribution in [0.25, 0.3) is 0 Å². The molecule has 1 aliphatic rings. The third-order valence-corrected chi connectivity index (χ3v) is 4.24. The van der Waals surface area contributed by atoms with E-state index >= 15 is 0 Å². The van der Waals surface area contributed by atoms with Crippen molar-refractivity contribution in [3.8, 4) is 0 Å². The molecule has 0 saturated carbocycles. The fourth-order valence-electron chi connectivity index (χ4n) is 3.49. The molecule has 3 nitrogen and oxygen atoms in total. The molecular formula is C17H25NO2. The van der Waals surface area contributed by atoms with Gasteiger partial charge in [0.05, 0.1) is 6.42 Å². The first-order valence-electron chi connectivity index (χ1n) is 7.64. The summed E-state index contributed by atoms with van der Waals surface area (Å²) in [4.78, 5) is 13.2. The molecule has 1 N–H and O–H groups in total. The van der Waals surface area contributed by atoms with E-state index in [-0.39, 0.29) is 6.42 Å². The SMILES string of the molecule is CCCC1(CCC)CN(c2cccc(CC(=O)O)c2)C1. The lowest BCUT2D eigenvalue weighted by atomic mass is 9.72. The highest BCUT2D eigenvalue weighted by atomic mass is 16.4. The van der Waals surface area contributed by atoms with E-state index in [9.17, 15) is 4.79 Å². The zero-order chi connectivity index (χ0) is 14.6. The molecule has 1 aliphatic heterocycles. The van der Waals surface area contributed by atoms with Gasteiger partial charge in [-0.3, -0.25) is 4.79 Å². The van der Waals surface area contributed by atoms with Crippen molar-refractivity contribution in [1.82, 2.24) is 0 Å². The van der Waals surface area contributed by atoms with E-state index < -0.39 is 5.97 Å². The van der Waals surface area contributed by atoms with Crippen LogP contribution in [0.4, 0.5) is 5.69 Å². The summed E-state index contributed by atoms with van der Waals surface area (Å²) < 4.78 is 0. The summed E-state index contributed by atoms with van der Waals surface area (Å²) in [5, 5.41) is 8.88. The molecule has 0 bridgehead atoms. The van der Waals surface area contributed by atoms with Gasteiger partial charge in [-0.25, -0.2) is 0 Å². The molecule has 1 aromatic rings.